The van der Waals surface area contributed by atoms with Crippen molar-refractivity contribution in [1.82, 2.24) is 0 Å². The predicted octanol–water partition coefficient (Wildman–Crippen LogP) is 2.98. The van der Waals surface area contributed by atoms with E-state index in [0.717, 1.165) is 19.3 Å². The van der Waals surface area contributed by atoms with Crippen LogP contribution in [0, 0.1) is 21.7 Å². The molecule has 2 unspecified atom stereocenters. The Bertz CT molecular complexity index is 487. The Hall–Kier alpha value is -1.76. The summed E-state index contributed by atoms with van der Waals surface area (Å²) < 4.78 is 27.5. The number of hydrogen-bond acceptors (Lipinski definition) is 4. The van der Waals surface area contributed by atoms with Gasteiger partial charge in [-0.1, -0.05) is 19.3 Å². The van der Waals surface area contributed by atoms with Crippen molar-refractivity contribution in [2.24, 2.45) is 0 Å². The van der Waals surface area contributed by atoms with Crippen LogP contribution in [0.4, 0.5) is 20.2 Å². The van der Waals surface area contributed by atoms with Crippen LogP contribution in [0.15, 0.2) is 12.1 Å². The first-order valence-electron chi connectivity index (χ1n) is 6.57. The van der Waals surface area contributed by atoms with Gasteiger partial charge in [0.15, 0.2) is 11.6 Å². The molecule has 0 bridgehead atoms. The van der Waals surface area contributed by atoms with Gasteiger partial charge in [-0.05, 0) is 12.8 Å². The van der Waals surface area contributed by atoms with Gasteiger partial charge in [-0.15, -0.1) is 0 Å². The van der Waals surface area contributed by atoms with E-state index in [-0.39, 0.29) is 0 Å². The van der Waals surface area contributed by atoms with Crippen LogP contribution in [0.25, 0.3) is 0 Å². The third-order valence-corrected chi connectivity index (χ3v) is 3.55. The Morgan fingerprint density at radius 1 is 1.20 bits per heavy atom. The van der Waals surface area contributed by atoms with Gasteiger partial charge in [0, 0.05) is 0 Å². The molecule has 1 aliphatic carbocycles. The minimum atomic E-state index is -1.02. The number of nitrogens with zero attached hydrogens (tertiary/aromatic N) is 1. The normalized spacial score (nSPS) is 23.1. The van der Waals surface area contributed by atoms with Crippen LogP contribution in [0.1, 0.15) is 32.1 Å². The molecule has 1 aliphatic rings. The van der Waals surface area contributed by atoms with Crippen LogP contribution >= 0.6 is 0 Å². The second-order valence-electron chi connectivity index (χ2n) is 5.00. The molecule has 2 rings (SSSR count). The maximum absolute atomic E-state index is 13.8. The predicted molar refractivity (Wildman–Crippen MR) is 69.5 cm³/mol. The molecule has 1 fully saturated rings. The largest absolute Gasteiger partial charge is 0.391 e. The van der Waals surface area contributed by atoms with Gasteiger partial charge >= 0.3 is 0 Å². The second kappa shape index (κ2) is 6.13. The molecule has 0 amide bonds. The van der Waals surface area contributed by atoms with Crippen molar-refractivity contribution in [2.75, 3.05) is 5.32 Å². The van der Waals surface area contributed by atoms with E-state index in [1.54, 1.807) is 0 Å². The lowest BCUT2D eigenvalue weighted by atomic mass is 10.1. The zero-order valence-corrected chi connectivity index (χ0v) is 10.8. The summed E-state index contributed by atoms with van der Waals surface area (Å²) in [6.45, 7) is 0. The number of aliphatic hydroxyl groups excluding tert-OH is 1. The third kappa shape index (κ3) is 3.22. The Balaban J connectivity index is 2.22. The molecule has 0 heterocycles. The van der Waals surface area contributed by atoms with Crippen molar-refractivity contribution in [3.05, 3.63) is 33.9 Å². The highest BCUT2D eigenvalue weighted by Crippen LogP contribution is 2.28. The Morgan fingerprint density at radius 3 is 2.40 bits per heavy atom. The molecule has 110 valence electrons. The number of non-ortho nitro benzene ring substituents is 1. The molecule has 1 aromatic rings. The van der Waals surface area contributed by atoms with Gasteiger partial charge in [0.05, 0.1) is 29.2 Å². The Kier molecular flexibility index (Phi) is 4.49. The molecule has 2 atom stereocenters. The van der Waals surface area contributed by atoms with E-state index in [0.29, 0.717) is 25.0 Å². The van der Waals surface area contributed by atoms with Crippen molar-refractivity contribution in [3.63, 3.8) is 0 Å². The van der Waals surface area contributed by atoms with Gasteiger partial charge in [-0.3, -0.25) is 10.1 Å². The van der Waals surface area contributed by atoms with E-state index in [1.165, 1.54) is 0 Å². The lowest BCUT2D eigenvalue weighted by Crippen LogP contribution is -2.33. The smallest absolute Gasteiger partial charge is 0.275 e. The number of aliphatic hydroxyl groups is 1. The number of anilines is 1. The molecular weight excluding hydrogens is 270 g/mol. The SMILES string of the molecule is O=[N+]([O-])c1cc(F)c(NC2CCCCCC2O)c(F)c1. The van der Waals surface area contributed by atoms with Gasteiger partial charge in [-0.25, -0.2) is 8.78 Å². The van der Waals surface area contributed by atoms with Crippen molar-refractivity contribution in [1.29, 1.82) is 0 Å². The lowest BCUT2D eigenvalue weighted by Gasteiger charge is -2.23. The number of nitro groups is 1. The summed E-state index contributed by atoms with van der Waals surface area (Å²) in [4.78, 5) is 9.67. The van der Waals surface area contributed by atoms with Gasteiger partial charge in [-0.2, -0.15) is 0 Å². The van der Waals surface area contributed by atoms with E-state index < -0.39 is 40.1 Å². The fourth-order valence-corrected chi connectivity index (χ4v) is 2.44. The maximum atomic E-state index is 13.8. The van der Waals surface area contributed by atoms with Crippen LogP contribution in [0.3, 0.4) is 0 Å². The van der Waals surface area contributed by atoms with Crippen molar-refractivity contribution in [2.45, 2.75) is 44.2 Å². The fourth-order valence-electron chi connectivity index (χ4n) is 2.44. The van der Waals surface area contributed by atoms with Gasteiger partial charge in [0.1, 0.15) is 5.69 Å². The van der Waals surface area contributed by atoms with Crippen LogP contribution in [0.5, 0.6) is 0 Å². The molecule has 0 aromatic heterocycles. The third-order valence-electron chi connectivity index (χ3n) is 3.55. The van der Waals surface area contributed by atoms with E-state index in [2.05, 4.69) is 5.32 Å². The minimum absolute atomic E-state index is 0.415. The summed E-state index contributed by atoms with van der Waals surface area (Å²) in [7, 11) is 0. The standard InChI is InChI=1S/C13H16F2N2O3/c14-9-6-8(17(19)20)7-10(15)13(9)16-11-4-2-1-3-5-12(11)18/h6-7,11-12,16,18H,1-5H2. The van der Waals surface area contributed by atoms with Crippen molar-refractivity contribution in [3.8, 4) is 0 Å². The average Bonchev–Trinajstić information content (AvgIpc) is 2.58. The van der Waals surface area contributed by atoms with Crippen LogP contribution < -0.4 is 5.32 Å². The zero-order chi connectivity index (χ0) is 14.7. The molecule has 1 saturated carbocycles. The topological polar surface area (TPSA) is 75.4 Å². The molecule has 2 N–H and O–H groups in total. The summed E-state index contributed by atoms with van der Waals surface area (Å²) in [5, 5.41) is 23.1. The highest BCUT2D eigenvalue weighted by Gasteiger charge is 2.25. The van der Waals surface area contributed by atoms with Gasteiger partial charge < -0.3 is 10.4 Å². The molecule has 0 saturated heterocycles. The maximum Gasteiger partial charge on any atom is 0.275 e. The van der Waals surface area contributed by atoms with E-state index >= 15 is 0 Å². The molecule has 20 heavy (non-hydrogen) atoms. The van der Waals surface area contributed by atoms with E-state index in [1.807, 2.05) is 0 Å². The monoisotopic (exact) mass is 286 g/mol. The first kappa shape index (κ1) is 14.6. The first-order chi connectivity index (χ1) is 9.49. The van der Waals surface area contributed by atoms with Crippen LogP contribution in [-0.2, 0) is 0 Å². The fraction of sp³-hybridized carbons (Fsp3) is 0.538. The van der Waals surface area contributed by atoms with Crippen LogP contribution in [0.2, 0.25) is 0 Å². The molecule has 5 nitrogen and oxygen atoms in total. The molecule has 7 heteroatoms. The quantitative estimate of drug-likeness (QED) is 0.509. The van der Waals surface area contributed by atoms with E-state index in [4.69, 9.17) is 0 Å². The summed E-state index contributed by atoms with van der Waals surface area (Å²) >= 11 is 0. The van der Waals surface area contributed by atoms with Crippen LogP contribution in [-0.4, -0.2) is 22.2 Å². The van der Waals surface area contributed by atoms with E-state index in [9.17, 15) is 24.0 Å². The number of nitrogens with one attached hydrogen (secondary N) is 1. The molecule has 1 aromatic carbocycles. The Morgan fingerprint density at radius 2 is 1.80 bits per heavy atom. The zero-order valence-electron chi connectivity index (χ0n) is 10.8. The lowest BCUT2D eigenvalue weighted by molar-refractivity contribution is -0.385. The highest BCUT2D eigenvalue weighted by atomic mass is 19.1. The summed E-state index contributed by atoms with van der Waals surface area (Å²) in [6, 6.07) is 0.908. The molecular formula is C13H16F2N2O3. The van der Waals surface area contributed by atoms with Crippen molar-refractivity contribution < 1.29 is 18.8 Å². The minimum Gasteiger partial charge on any atom is -0.391 e. The van der Waals surface area contributed by atoms with Crippen molar-refractivity contribution >= 4 is 11.4 Å². The molecule has 0 radical (unpaired) electrons. The van der Waals surface area contributed by atoms with Gasteiger partial charge in [0.2, 0.25) is 0 Å². The highest BCUT2D eigenvalue weighted by molar-refractivity contribution is 5.52. The number of hydrogen-bond donors (Lipinski definition) is 2. The number of rotatable bonds is 3. The molecule has 0 aliphatic heterocycles. The first-order valence-corrected chi connectivity index (χ1v) is 6.57. The second-order valence-corrected chi connectivity index (χ2v) is 5.00. The Labute approximate surface area is 114 Å². The average molecular weight is 286 g/mol. The number of benzene rings is 1. The number of nitro benzene ring substituents is 1. The molecule has 0 spiro atoms. The summed E-state index contributed by atoms with van der Waals surface area (Å²) in [6.07, 6.45) is 3.23. The number of halogens is 2. The summed E-state index contributed by atoms with van der Waals surface area (Å²) in [5.41, 5.74) is -1.05. The summed E-state index contributed by atoms with van der Waals surface area (Å²) in [5.74, 6) is -2.04. The van der Waals surface area contributed by atoms with Gasteiger partial charge in [0.25, 0.3) is 5.69 Å².